The topological polar surface area (TPSA) is 43.9 Å². The smallest absolute Gasteiger partial charge is 0.306 e. The van der Waals surface area contributed by atoms with Gasteiger partial charge in [-0.1, -0.05) is 66.7 Å². The Morgan fingerprint density at radius 3 is 2.23 bits per heavy atom. The zero-order valence-electron chi connectivity index (χ0n) is 21.5. The Bertz CT molecular complexity index is 1330. The standard InChI is InChI=1S/C31H30F3N3O2/c32-31(33,34)30(39)36-20-15-25-12-13-27(21-28(25)36)37(29(38)14-11-23-7-3-1-4-8-23)26-16-18-35(19-17-26)22-24-9-5-2-6-10-24/h1-14,21,26H,15-20,22H2. The van der Waals surface area contributed by atoms with Crippen molar-refractivity contribution in [2.24, 2.45) is 0 Å². The van der Waals surface area contributed by atoms with Gasteiger partial charge in [0, 0.05) is 49.7 Å². The molecule has 5 rings (SSSR count). The molecule has 5 nitrogen and oxygen atoms in total. The molecule has 0 N–H and O–H groups in total. The fourth-order valence-corrected chi connectivity index (χ4v) is 5.39. The lowest BCUT2D eigenvalue weighted by molar-refractivity contribution is -0.170. The molecule has 3 aromatic carbocycles. The van der Waals surface area contributed by atoms with Crippen LogP contribution in [0.15, 0.2) is 84.9 Å². The molecule has 3 aromatic rings. The predicted octanol–water partition coefficient (Wildman–Crippen LogP) is 5.85. The highest BCUT2D eigenvalue weighted by molar-refractivity contribution is 6.05. The highest BCUT2D eigenvalue weighted by Crippen LogP contribution is 2.36. The van der Waals surface area contributed by atoms with Gasteiger partial charge in [-0.25, -0.2) is 0 Å². The van der Waals surface area contributed by atoms with Crippen LogP contribution in [0.4, 0.5) is 24.5 Å². The Morgan fingerprint density at radius 2 is 1.56 bits per heavy atom. The third-order valence-electron chi connectivity index (χ3n) is 7.36. The van der Waals surface area contributed by atoms with E-state index in [-0.39, 0.29) is 24.2 Å². The van der Waals surface area contributed by atoms with Gasteiger partial charge in [-0.05, 0) is 54.2 Å². The van der Waals surface area contributed by atoms with Gasteiger partial charge in [0.15, 0.2) is 0 Å². The van der Waals surface area contributed by atoms with Crippen molar-refractivity contribution in [3.05, 3.63) is 102 Å². The summed E-state index contributed by atoms with van der Waals surface area (Å²) in [7, 11) is 0. The van der Waals surface area contributed by atoms with Crippen molar-refractivity contribution in [1.29, 1.82) is 0 Å². The molecular formula is C31H30F3N3O2. The van der Waals surface area contributed by atoms with Gasteiger partial charge in [0.05, 0.1) is 0 Å². The molecule has 0 aromatic heterocycles. The maximum Gasteiger partial charge on any atom is 0.471 e. The zero-order chi connectivity index (χ0) is 27.4. The summed E-state index contributed by atoms with van der Waals surface area (Å²) in [4.78, 5) is 30.5. The van der Waals surface area contributed by atoms with Gasteiger partial charge >= 0.3 is 12.1 Å². The van der Waals surface area contributed by atoms with Crippen LogP contribution >= 0.6 is 0 Å². The molecule has 2 aliphatic heterocycles. The number of hydrogen-bond donors (Lipinski definition) is 0. The molecule has 2 aliphatic rings. The number of amides is 2. The average molecular weight is 534 g/mol. The molecule has 1 saturated heterocycles. The van der Waals surface area contributed by atoms with Gasteiger partial charge in [-0.2, -0.15) is 13.2 Å². The molecule has 2 amide bonds. The van der Waals surface area contributed by atoms with Crippen LogP contribution in [-0.2, 0) is 22.6 Å². The van der Waals surface area contributed by atoms with E-state index < -0.39 is 12.1 Å². The summed E-state index contributed by atoms with van der Waals surface area (Å²) in [6, 6.07) is 24.6. The first-order valence-electron chi connectivity index (χ1n) is 13.1. The number of carbonyl (C=O) groups is 2. The van der Waals surface area contributed by atoms with Crippen LogP contribution in [0.5, 0.6) is 0 Å². The lowest BCUT2D eigenvalue weighted by atomic mass is 10.0. The van der Waals surface area contributed by atoms with Crippen molar-refractivity contribution in [3.8, 4) is 0 Å². The molecule has 0 aliphatic carbocycles. The summed E-state index contributed by atoms with van der Waals surface area (Å²) in [5, 5.41) is 0. The number of rotatable bonds is 6. The van der Waals surface area contributed by atoms with Crippen molar-refractivity contribution >= 4 is 29.3 Å². The SMILES string of the molecule is O=C(C=Cc1ccccc1)N(c1ccc2c(c1)N(C(=O)C(F)(F)F)CC2)C1CCN(Cc2ccccc2)CC1. The van der Waals surface area contributed by atoms with E-state index >= 15 is 0 Å². The Labute approximate surface area is 226 Å². The van der Waals surface area contributed by atoms with Gasteiger partial charge in [0.2, 0.25) is 0 Å². The van der Waals surface area contributed by atoms with Gasteiger partial charge in [-0.3, -0.25) is 14.5 Å². The van der Waals surface area contributed by atoms with E-state index in [1.54, 1.807) is 29.2 Å². The highest BCUT2D eigenvalue weighted by atomic mass is 19.4. The molecule has 0 saturated carbocycles. The van der Waals surface area contributed by atoms with E-state index in [1.807, 2.05) is 48.5 Å². The van der Waals surface area contributed by atoms with E-state index in [9.17, 15) is 22.8 Å². The monoisotopic (exact) mass is 533 g/mol. The van der Waals surface area contributed by atoms with Crippen LogP contribution in [0.2, 0.25) is 0 Å². The van der Waals surface area contributed by atoms with E-state index in [4.69, 9.17) is 0 Å². The van der Waals surface area contributed by atoms with Crippen LogP contribution in [-0.4, -0.2) is 48.6 Å². The zero-order valence-corrected chi connectivity index (χ0v) is 21.5. The van der Waals surface area contributed by atoms with Crippen LogP contribution in [0.25, 0.3) is 6.08 Å². The Balaban J connectivity index is 1.40. The van der Waals surface area contributed by atoms with Crippen molar-refractivity contribution in [3.63, 3.8) is 0 Å². The highest BCUT2D eigenvalue weighted by Gasteiger charge is 2.45. The number of halogens is 3. The number of benzene rings is 3. The summed E-state index contributed by atoms with van der Waals surface area (Å²) in [6.07, 6.45) is 0.0820. The van der Waals surface area contributed by atoms with Crippen LogP contribution in [0.3, 0.4) is 0 Å². The number of likely N-dealkylation sites (tertiary alicyclic amines) is 1. The van der Waals surface area contributed by atoms with Gasteiger partial charge in [0.1, 0.15) is 0 Å². The number of piperidine rings is 1. The summed E-state index contributed by atoms with van der Waals surface area (Å²) >= 11 is 0. The van der Waals surface area contributed by atoms with Crippen molar-refractivity contribution in [2.75, 3.05) is 29.4 Å². The molecule has 202 valence electrons. The van der Waals surface area contributed by atoms with E-state index in [0.29, 0.717) is 17.7 Å². The predicted molar refractivity (Wildman–Crippen MR) is 146 cm³/mol. The first kappa shape index (κ1) is 26.7. The molecule has 1 fully saturated rings. The molecule has 0 bridgehead atoms. The van der Waals surface area contributed by atoms with Crippen LogP contribution in [0, 0.1) is 0 Å². The third kappa shape index (κ3) is 6.23. The third-order valence-corrected chi connectivity index (χ3v) is 7.36. The second-order valence-electron chi connectivity index (χ2n) is 9.96. The van der Waals surface area contributed by atoms with Crippen LogP contribution < -0.4 is 9.80 Å². The fraction of sp³-hybridized carbons (Fsp3) is 0.290. The number of carbonyl (C=O) groups excluding carboxylic acids is 2. The fourth-order valence-electron chi connectivity index (χ4n) is 5.39. The second kappa shape index (κ2) is 11.5. The summed E-state index contributed by atoms with van der Waals surface area (Å²) in [5.74, 6) is -2.12. The largest absolute Gasteiger partial charge is 0.471 e. The molecular weight excluding hydrogens is 503 g/mol. The average Bonchev–Trinajstić information content (AvgIpc) is 3.36. The molecule has 0 atom stereocenters. The lowest BCUT2D eigenvalue weighted by Crippen LogP contribution is -2.47. The lowest BCUT2D eigenvalue weighted by Gasteiger charge is -2.38. The first-order chi connectivity index (χ1) is 18.8. The van der Waals surface area contributed by atoms with Crippen LogP contribution in [0.1, 0.15) is 29.5 Å². The van der Waals surface area contributed by atoms with E-state index in [0.717, 1.165) is 42.9 Å². The number of fused-ring (bicyclic) bond motifs is 1. The number of alkyl halides is 3. The first-order valence-corrected chi connectivity index (χ1v) is 13.1. The molecule has 8 heteroatoms. The Morgan fingerprint density at radius 1 is 0.897 bits per heavy atom. The minimum Gasteiger partial charge on any atom is -0.306 e. The Hall–Kier alpha value is -3.91. The van der Waals surface area contributed by atoms with Gasteiger partial charge < -0.3 is 9.80 Å². The molecule has 0 unspecified atom stereocenters. The molecule has 0 radical (unpaired) electrons. The maximum absolute atomic E-state index is 13.6. The summed E-state index contributed by atoms with van der Waals surface area (Å²) < 4.78 is 39.8. The number of hydrogen-bond acceptors (Lipinski definition) is 3. The van der Waals surface area contributed by atoms with Gasteiger partial charge in [0.25, 0.3) is 5.91 Å². The van der Waals surface area contributed by atoms with E-state index in [2.05, 4.69) is 17.0 Å². The summed E-state index contributed by atoms with van der Waals surface area (Å²) in [5.41, 5.74) is 3.49. The van der Waals surface area contributed by atoms with Gasteiger partial charge in [-0.15, -0.1) is 0 Å². The minimum atomic E-state index is -4.96. The minimum absolute atomic E-state index is 0.0309. The number of nitrogens with zero attached hydrogens (tertiary/aromatic N) is 3. The van der Waals surface area contributed by atoms with Crippen molar-refractivity contribution < 1.29 is 22.8 Å². The quantitative estimate of drug-likeness (QED) is 0.374. The van der Waals surface area contributed by atoms with E-state index in [1.165, 1.54) is 11.6 Å². The second-order valence-corrected chi connectivity index (χ2v) is 9.96. The number of anilines is 2. The van der Waals surface area contributed by atoms with Crippen molar-refractivity contribution in [1.82, 2.24) is 4.90 Å². The summed E-state index contributed by atoms with van der Waals surface area (Å²) in [6.45, 7) is 2.37. The molecule has 0 spiro atoms. The maximum atomic E-state index is 13.6. The normalized spacial score (nSPS) is 16.4. The Kier molecular flexibility index (Phi) is 7.84. The molecule has 39 heavy (non-hydrogen) atoms. The van der Waals surface area contributed by atoms with Crippen molar-refractivity contribution in [2.45, 2.75) is 38.0 Å². The molecule has 2 heterocycles.